The number of aryl methyl sites for hydroxylation is 1. The average Bonchev–Trinajstić information content (AvgIpc) is 3.16. The van der Waals surface area contributed by atoms with E-state index in [1.165, 1.54) is 63.9 Å². The summed E-state index contributed by atoms with van der Waals surface area (Å²) in [5.41, 5.74) is 1.30. The molecule has 0 spiro atoms. The van der Waals surface area contributed by atoms with Gasteiger partial charge in [0.05, 0.1) is 5.69 Å². The number of anilines is 2. The number of hydrogen-bond donors (Lipinski definition) is 0. The third-order valence-electron chi connectivity index (χ3n) is 6.54. The number of rotatable bonds is 12. The molecule has 0 aromatic heterocycles. The topological polar surface area (TPSA) is 59.0 Å². The number of carbonyl (C=O) groups excluding carboxylic acids is 1. The first-order valence-corrected chi connectivity index (χ1v) is 12.6. The van der Waals surface area contributed by atoms with Crippen molar-refractivity contribution in [3.8, 4) is 0 Å². The van der Waals surface area contributed by atoms with Gasteiger partial charge in [-0.05, 0) is 43.0 Å². The van der Waals surface area contributed by atoms with E-state index in [0.29, 0.717) is 4.90 Å². The molecule has 35 heavy (non-hydrogen) atoms. The van der Waals surface area contributed by atoms with Crippen molar-refractivity contribution in [1.29, 1.82) is 0 Å². The van der Waals surface area contributed by atoms with Crippen molar-refractivity contribution in [2.24, 2.45) is 4.99 Å². The predicted octanol–water partition coefficient (Wildman–Crippen LogP) is 2.87. The van der Waals surface area contributed by atoms with E-state index in [1.54, 1.807) is 12.1 Å². The summed E-state index contributed by atoms with van der Waals surface area (Å²) in [6.45, 7) is 4.07. The van der Waals surface area contributed by atoms with Crippen LogP contribution in [-0.2, 0) is 11.2 Å². The molecule has 2 heterocycles. The quantitative estimate of drug-likeness (QED) is 0.192. The maximum atomic E-state index is 13.4. The second-order valence-corrected chi connectivity index (χ2v) is 9.16. The van der Waals surface area contributed by atoms with E-state index in [1.807, 2.05) is 0 Å². The van der Waals surface area contributed by atoms with Gasteiger partial charge in [-0.25, -0.2) is 4.99 Å². The monoisotopic (exact) mass is 501 g/mol. The van der Waals surface area contributed by atoms with Gasteiger partial charge in [0.25, 0.3) is 5.91 Å². The number of hydrogen-bond acceptors (Lipinski definition) is 4. The normalized spacial score (nSPS) is 17.0. The minimum Gasteiger partial charge on any atom is -0.876 e. The Morgan fingerprint density at radius 1 is 1.03 bits per heavy atom. The molecule has 0 unspecified atom stereocenters. The van der Waals surface area contributed by atoms with Gasteiger partial charge in [-0.2, -0.15) is 13.2 Å². The molecule has 1 amide bonds. The molecule has 0 atom stereocenters. The number of halogens is 3. The zero-order chi connectivity index (χ0) is 24.6. The molecule has 0 saturated heterocycles. The van der Waals surface area contributed by atoms with Crippen molar-refractivity contribution in [1.82, 2.24) is 0 Å². The van der Waals surface area contributed by atoms with Gasteiger partial charge in [0.1, 0.15) is 5.70 Å². The number of fused-ring (bicyclic) bond motifs is 1. The Bertz CT molecular complexity index is 902. The van der Waals surface area contributed by atoms with Crippen molar-refractivity contribution < 1.29 is 52.6 Å². The summed E-state index contributed by atoms with van der Waals surface area (Å²) < 4.78 is 40.3. The van der Waals surface area contributed by atoms with Crippen LogP contribution in [0.1, 0.15) is 83.1 Å². The first-order chi connectivity index (χ1) is 16.4. The first-order valence-electron chi connectivity index (χ1n) is 12.6. The Kier molecular flexibility index (Phi) is 12.1. The van der Waals surface area contributed by atoms with Crippen molar-refractivity contribution in [3.05, 3.63) is 35.7 Å². The van der Waals surface area contributed by atoms with Crippen molar-refractivity contribution in [2.45, 2.75) is 90.1 Å². The van der Waals surface area contributed by atoms with Crippen molar-refractivity contribution >= 4 is 23.1 Å². The van der Waals surface area contributed by atoms with Crippen LogP contribution in [0.3, 0.4) is 0 Å². The molecule has 1 aromatic rings. The number of carbonyl (C=O) groups is 1. The van der Waals surface area contributed by atoms with E-state index in [0.717, 1.165) is 43.6 Å². The van der Waals surface area contributed by atoms with E-state index >= 15 is 0 Å². The van der Waals surface area contributed by atoms with Gasteiger partial charge in [-0.3, -0.25) is 9.69 Å². The molecule has 2 aliphatic heterocycles. The number of unbranched alkanes of at least 4 members (excludes halogenated alkanes) is 9. The minimum atomic E-state index is -4.84. The van der Waals surface area contributed by atoms with Crippen LogP contribution in [0.4, 0.5) is 24.5 Å². The molecule has 0 radical (unpaired) electrons. The number of amidine groups is 1. The third kappa shape index (κ3) is 7.99. The van der Waals surface area contributed by atoms with Crippen LogP contribution in [-0.4, -0.2) is 31.0 Å². The smallest absolute Gasteiger partial charge is 0.876 e. The maximum absolute atomic E-state index is 13.4. The summed E-state index contributed by atoms with van der Waals surface area (Å²) in [7, 11) is 0. The minimum absolute atomic E-state index is 0. The molecule has 9 heteroatoms. The molecule has 0 saturated carbocycles. The van der Waals surface area contributed by atoms with Crippen LogP contribution < -0.4 is 44.5 Å². The molecule has 188 valence electrons. The molecule has 3 rings (SSSR count). The fourth-order valence-corrected chi connectivity index (χ4v) is 4.75. The van der Waals surface area contributed by atoms with Gasteiger partial charge in [-0.1, -0.05) is 64.7 Å². The van der Waals surface area contributed by atoms with E-state index in [9.17, 15) is 23.1 Å². The molecule has 0 N–H and O–H groups in total. The van der Waals surface area contributed by atoms with Crippen LogP contribution in [0, 0.1) is 0 Å². The molecule has 2 aliphatic rings. The first kappa shape index (κ1) is 29.7. The molecule has 0 aliphatic carbocycles. The Balaban J connectivity index is 0.00000432. The molecular formula is C26H35F3N3NaO2. The van der Waals surface area contributed by atoms with Gasteiger partial charge >= 0.3 is 35.7 Å². The van der Waals surface area contributed by atoms with E-state index in [2.05, 4.69) is 16.8 Å². The van der Waals surface area contributed by atoms with Gasteiger partial charge in [0.2, 0.25) is 5.84 Å². The number of alkyl halides is 3. The predicted molar refractivity (Wildman–Crippen MR) is 128 cm³/mol. The van der Waals surface area contributed by atoms with Gasteiger partial charge < -0.3 is 10.0 Å². The second-order valence-electron chi connectivity index (χ2n) is 9.16. The maximum Gasteiger partial charge on any atom is 1.00 e. The Labute approximate surface area is 228 Å². The standard InChI is InChI=1S/C26H36F3N3O2.Na/c1-2-3-4-5-6-7-8-9-10-11-16-31-17-12-13-20-18-21(14-15-23(20)31)32-24(34)22(19-33)30-25(32)26(27,28)29;/h14-15,18-19,33H,2-13,16-17H2,1H3;/q;+1/p-1/b22-19+;. The molecule has 1 aromatic carbocycles. The van der Waals surface area contributed by atoms with Gasteiger partial charge in [0.15, 0.2) is 0 Å². The Morgan fingerprint density at radius 3 is 2.26 bits per heavy atom. The summed E-state index contributed by atoms with van der Waals surface area (Å²) in [6.07, 6.45) is 9.60. The number of nitrogens with zero attached hydrogens (tertiary/aromatic N) is 3. The fraction of sp³-hybridized carbons (Fsp3) is 0.615. The zero-order valence-corrected chi connectivity index (χ0v) is 23.0. The summed E-state index contributed by atoms with van der Waals surface area (Å²) in [6, 6.07) is 4.94. The van der Waals surface area contributed by atoms with Crippen LogP contribution in [0.25, 0.3) is 0 Å². The second kappa shape index (κ2) is 14.3. The third-order valence-corrected chi connectivity index (χ3v) is 6.54. The molecular weight excluding hydrogens is 466 g/mol. The van der Waals surface area contributed by atoms with Crippen LogP contribution in [0.5, 0.6) is 0 Å². The summed E-state index contributed by atoms with van der Waals surface area (Å²) >= 11 is 0. The summed E-state index contributed by atoms with van der Waals surface area (Å²) in [5, 5.41) is 11.0. The zero-order valence-electron chi connectivity index (χ0n) is 21.0. The van der Waals surface area contributed by atoms with E-state index in [4.69, 9.17) is 0 Å². The fourth-order valence-electron chi connectivity index (χ4n) is 4.75. The van der Waals surface area contributed by atoms with Crippen molar-refractivity contribution in [3.63, 3.8) is 0 Å². The average molecular weight is 502 g/mol. The van der Waals surface area contributed by atoms with Crippen LogP contribution in [0.15, 0.2) is 35.2 Å². The summed E-state index contributed by atoms with van der Waals surface area (Å²) in [5.74, 6) is -2.40. The van der Waals surface area contributed by atoms with E-state index < -0.39 is 23.6 Å². The number of amides is 1. The van der Waals surface area contributed by atoms with Crippen LogP contribution >= 0.6 is 0 Å². The number of benzene rings is 1. The van der Waals surface area contributed by atoms with Crippen molar-refractivity contribution in [2.75, 3.05) is 22.9 Å². The Morgan fingerprint density at radius 2 is 1.66 bits per heavy atom. The SMILES string of the molecule is CCCCCCCCCCCCN1CCCc2cc(N3C(=O)/C(=C\[O-])N=C3C(F)(F)F)ccc21.[Na+]. The van der Waals surface area contributed by atoms with Gasteiger partial charge in [0, 0.05) is 18.8 Å². The molecule has 0 fully saturated rings. The largest absolute Gasteiger partial charge is 1.00 e. The molecule has 5 nitrogen and oxygen atoms in total. The number of aliphatic imine (C=N–C) groups is 1. The summed E-state index contributed by atoms with van der Waals surface area (Å²) in [4.78, 5) is 18.4. The van der Waals surface area contributed by atoms with E-state index in [-0.39, 0.29) is 41.5 Å². The van der Waals surface area contributed by atoms with Crippen LogP contribution in [0.2, 0.25) is 0 Å². The molecule has 0 bridgehead atoms. The van der Waals surface area contributed by atoms with Gasteiger partial charge in [-0.15, -0.1) is 6.26 Å². The Hall–Kier alpha value is -1.51.